The second-order valence-corrected chi connectivity index (χ2v) is 4.85. The Labute approximate surface area is 116 Å². The van der Waals surface area contributed by atoms with Crippen molar-refractivity contribution in [2.75, 3.05) is 0 Å². The van der Waals surface area contributed by atoms with Crippen molar-refractivity contribution in [1.29, 1.82) is 5.26 Å². The minimum absolute atomic E-state index is 0.226. The van der Waals surface area contributed by atoms with Gasteiger partial charge in [0.1, 0.15) is 5.82 Å². The monoisotopic (exact) mass is 292 g/mol. The zero-order valence-corrected chi connectivity index (χ0v) is 11.2. The van der Waals surface area contributed by atoms with Crippen molar-refractivity contribution in [2.24, 2.45) is 7.05 Å². The standard InChI is InChI=1S/C12H9FN4O2S/c1-17-12(15-10(18)11(19)16-17)20-6-8-3-2-7(5-14)4-9(8)13/h2-4H,6H2,1H3,(H,16,19). The minimum atomic E-state index is -0.883. The van der Waals surface area contributed by atoms with E-state index in [-0.39, 0.29) is 16.5 Å². The van der Waals surface area contributed by atoms with Crippen LogP contribution >= 0.6 is 11.8 Å². The zero-order valence-electron chi connectivity index (χ0n) is 10.4. The lowest BCUT2D eigenvalue weighted by molar-refractivity contribution is 0.595. The first-order valence-corrected chi connectivity index (χ1v) is 6.48. The normalized spacial score (nSPS) is 10.2. The summed E-state index contributed by atoms with van der Waals surface area (Å²) < 4.78 is 15.0. The molecule has 0 unspecified atom stereocenters. The third-order valence-electron chi connectivity index (χ3n) is 2.49. The fourth-order valence-electron chi connectivity index (χ4n) is 1.47. The smallest absolute Gasteiger partial charge is 0.265 e. The molecule has 1 N–H and O–H groups in total. The van der Waals surface area contributed by atoms with Gasteiger partial charge in [0.15, 0.2) is 5.16 Å². The summed E-state index contributed by atoms with van der Waals surface area (Å²) in [7, 11) is 1.53. The molecular weight excluding hydrogens is 283 g/mol. The first-order valence-electron chi connectivity index (χ1n) is 5.50. The molecule has 0 spiro atoms. The molecule has 1 heterocycles. The summed E-state index contributed by atoms with van der Waals surface area (Å²) in [4.78, 5) is 25.8. The van der Waals surface area contributed by atoms with Crippen LogP contribution in [0.1, 0.15) is 11.1 Å². The van der Waals surface area contributed by atoms with Crippen LogP contribution < -0.4 is 11.1 Å². The molecule has 1 aromatic carbocycles. The van der Waals surface area contributed by atoms with Gasteiger partial charge in [-0.05, 0) is 17.7 Å². The third-order valence-corrected chi connectivity index (χ3v) is 3.57. The summed E-state index contributed by atoms with van der Waals surface area (Å²) in [6, 6.07) is 6.01. The van der Waals surface area contributed by atoms with Crippen LogP contribution in [0.3, 0.4) is 0 Å². The van der Waals surface area contributed by atoms with Gasteiger partial charge in [-0.25, -0.2) is 4.39 Å². The maximum Gasteiger partial charge on any atom is 0.339 e. The van der Waals surface area contributed by atoms with Gasteiger partial charge < -0.3 is 0 Å². The highest BCUT2D eigenvalue weighted by Gasteiger charge is 2.08. The number of rotatable bonds is 3. The van der Waals surface area contributed by atoms with E-state index in [9.17, 15) is 14.0 Å². The van der Waals surface area contributed by atoms with E-state index >= 15 is 0 Å². The predicted octanol–water partition coefficient (Wildman–Crippen LogP) is 0.772. The molecule has 0 amide bonds. The lowest BCUT2D eigenvalue weighted by Gasteiger charge is -2.06. The number of nitrogens with zero attached hydrogens (tertiary/aromatic N) is 3. The van der Waals surface area contributed by atoms with Gasteiger partial charge in [-0.15, -0.1) is 0 Å². The largest absolute Gasteiger partial charge is 0.339 e. The Kier molecular flexibility index (Phi) is 4.00. The Bertz CT molecular complexity index is 806. The maximum atomic E-state index is 13.7. The Hall–Kier alpha value is -2.40. The molecule has 2 rings (SSSR count). The van der Waals surface area contributed by atoms with Crippen LogP contribution in [0.25, 0.3) is 0 Å². The molecule has 2 aromatic rings. The molecule has 6 nitrogen and oxygen atoms in total. The number of halogens is 1. The Morgan fingerprint density at radius 1 is 1.50 bits per heavy atom. The van der Waals surface area contributed by atoms with Gasteiger partial charge in [0, 0.05) is 12.8 Å². The van der Waals surface area contributed by atoms with Crippen molar-refractivity contribution in [3.63, 3.8) is 0 Å². The first kappa shape index (κ1) is 14.0. The minimum Gasteiger partial charge on any atom is -0.265 e. The number of nitriles is 1. The Morgan fingerprint density at radius 2 is 2.25 bits per heavy atom. The van der Waals surface area contributed by atoms with Crippen LogP contribution in [0, 0.1) is 17.1 Å². The van der Waals surface area contributed by atoms with E-state index in [2.05, 4.69) is 10.1 Å². The van der Waals surface area contributed by atoms with Gasteiger partial charge in [-0.1, -0.05) is 17.8 Å². The van der Waals surface area contributed by atoms with E-state index in [1.807, 2.05) is 6.07 Å². The van der Waals surface area contributed by atoms with E-state index in [1.54, 1.807) is 0 Å². The topological polar surface area (TPSA) is 91.5 Å². The summed E-state index contributed by atoms with van der Waals surface area (Å²) in [5.74, 6) is -0.268. The highest BCUT2D eigenvalue weighted by atomic mass is 32.2. The summed E-state index contributed by atoms with van der Waals surface area (Å²) in [5, 5.41) is 11.2. The highest BCUT2D eigenvalue weighted by Crippen LogP contribution is 2.21. The van der Waals surface area contributed by atoms with Gasteiger partial charge in [-0.2, -0.15) is 10.2 Å². The van der Waals surface area contributed by atoms with Crippen LogP contribution in [0.5, 0.6) is 0 Å². The Morgan fingerprint density at radius 3 is 2.90 bits per heavy atom. The zero-order chi connectivity index (χ0) is 14.7. The second kappa shape index (κ2) is 5.71. The predicted molar refractivity (Wildman–Crippen MR) is 70.8 cm³/mol. The number of aromatic amines is 1. The molecule has 0 bridgehead atoms. The molecule has 0 atom stereocenters. The van der Waals surface area contributed by atoms with Crippen molar-refractivity contribution in [2.45, 2.75) is 10.9 Å². The number of hydrogen-bond donors (Lipinski definition) is 1. The second-order valence-electron chi connectivity index (χ2n) is 3.91. The van der Waals surface area contributed by atoms with Gasteiger partial charge in [-0.3, -0.25) is 19.4 Å². The summed E-state index contributed by atoms with van der Waals surface area (Å²) in [6.45, 7) is 0. The summed E-state index contributed by atoms with van der Waals surface area (Å²) in [5.41, 5.74) is -1.06. The van der Waals surface area contributed by atoms with Crippen molar-refractivity contribution in [3.05, 3.63) is 55.9 Å². The van der Waals surface area contributed by atoms with E-state index in [1.165, 1.54) is 23.9 Å². The van der Waals surface area contributed by atoms with Crippen LogP contribution in [0.2, 0.25) is 0 Å². The van der Waals surface area contributed by atoms with Crippen molar-refractivity contribution < 1.29 is 4.39 Å². The fourth-order valence-corrected chi connectivity index (χ4v) is 2.37. The van der Waals surface area contributed by atoms with Crippen molar-refractivity contribution in [1.82, 2.24) is 14.8 Å². The van der Waals surface area contributed by atoms with E-state index in [0.717, 1.165) is 17.8 Å². The molecule has 0 fully saturated rings. The average Bonchev–Trinajstić information content (AvgIpc) is 2.42. The van der Waals surface area contributed by atoms with Gasteiger partial charge in [0.2, 0.25) is 0 Å². The number of aromatic nitrogens is 3. The first-order chi connectivity index (χ1) is 9.51. The molecule has 0 radical (unpaired) electrons. The summed E-state index contributed by atoms with van der Waals surface area (Å²) >= 11 is 1.11. The van der Waals surface area contributed by atoms with Gasteiger partial charge in [0.05, 0.1) is 11.6 Å². The van der Waals surface area contributed by atoms with Gasteiger partial charge >= 0.3 is 11.1 Å². The number of aryl methyl sites for hydroxylation is 1. The molecule has 0 saturated heterocycles. The number of benzene rings is 1. The molecule has 102 valence electrons. The number of thioether (sulfide) groups is 1. The molecule has 0 aliphatic heterocycles. The molecule has 0 saturated carbocycles. The van der Waals surface area contributed by atoms with E-state index in [4.69, 9.17) is 5.26 Å². The maximum absolute atomic E-state index is 13.7. The van der Waals surface area contributed by atoms with E-state index < -0.39 is 16.9 Å². The van der Waals surface area contributed by atoms with Crippen LogP contribution in [-0.4, -0.2) is 14.8 Å². The molecule has 20 heavy (non-hydrogen) atoms. The lowest BCUT2D eigenvalue weighted by Crippen LogP contribution is -2.33. The molecule has 1 aromatic heterocycles. The summed E-state index contributed by atoms with van der Waals surface area (Å²) in [6.07, 6.45) is 0. The molecule has 0 aliphatic carbocycles. The van der Waals surface area contributed by atoms with E-state index in [0.29, 0.717) is 5.56 Å². The van der Waals surface area contributed by atoms with Crippen molar-refractivity contribution in [3.8, 4) is 6.07 Å². The van der Waals surface area contributed by atoms with Crippen LogP contribution in [-0.2, 0) is 12.8 Å². The SMILES string of the molecule is Cn1[nH]c(=O)c(=O)nc1SCc1ccc(C#N)cc1F. The molecular formula is C12H9FN4O2S. The lowest BCUT2D eigenvalue weighted by atomic mass is 10.1. The molecule has 0 aliphatic rings. The highest BCUT2D eigenvalue weighted by molar-refractivity contribution is 7.98. The fraction of sp³-hybridized carbons (Fsp3) is 0.167. The quantitative estimate of drug-likeness (QED) is 0.666. The Balaban J connectivity index is 2.21. The van der Waals surface area contributed by atoms with Crippen molar-refractivity contribution >= 4 is 11.8 Å². The van der Waals surface area contributed by atoms with Gasteiger partial charge in [0.25, 0.3) is 0 Å². The third kappa shape index (κ3) is 2.95. The number of hydrogen-bond acceptors (Lipinski definition) is 5. The van der Waals surface area contributed by atoms with Crippen LogP contribution in [0.15, 0.2) is 32.9 Å². The average molecular weight is 292 g/mol. The number of nitrogens with one attached hydrogen (secondary N) is 1. The number of H-pyrrole nitrogens is 1. The molecule has 8 heteroatoms. The van der Waals surface area contributed by atoms with Crippen LogP contribution in [0.4, 0.5) is 4.39 Å².